The predicted molar refractivity (Wildman–Crippen MR) is 119 cm³/mol. The molecule has 0 bridgehead atoms. The molecule has 0 spiro atoms. The largest absolute Gasteiger partial charge is 0.486 e. The number of amides is 1. The van der Waals surface area contributed by atoms with Crippen molar-refractivity contribution in [2.45, 2.75) is 39.1 Å². The lowest BCUT2D eigenvalue weighted by Crippen LogP contribution is -2.15. The van der Waals surface area contributed by atoms with E-state index in [1.807, 2.05) is 67.8 Å². The first-order chi connectivity index (χ1) is 14.0. The lowest BCUT2D eigenvalue weighted by molar-refractivity contribution is -0.113. The number of carbonyl (C=O) groups excluding carboxylic acids is 1. The molecular weight excluding hydrogens is 452 g/mol. The number of rotatable bonds is 8. The molecule has 1 aromatic heterocycles. The normalized spacial score (nSPS) is 10.8. The minimum absolute atomic E-state index is 0.0726. The number of benzene rings is 2. The Labute approximate surface area is 183 Å². The Kier molecular flexibility index (Phi) is 7.33. The Morgan fingerprint density at radius 3 is 2.59 bits per heavy atom. The molecule has 0 saturated carbocycles. The number of halogens is 1. The zero-order valence-corrected chi connectivity index (χ0v) is 19.0. The van der Waals surface area contributed by atoms with Crippen LogP contribution >= 0.6 is 27.7 Å². The molecule has 1 heterocycles. The SMILES string of the molecule is CCn1c(COc2ccc(Br)cc2)nnc1SCC(=O)Nc1ccc(C)c(C)c1. The molecule has 0 saturated heterocycles. The highest BCUT2D eigenvalue weighted by Gasteiger charge is 2.14. The maximum Gasteiger partial charge on any atom is 0.234 e. The number of nitrogens with one attached hydrogen (secondary N) is 1. The summed E-state index contributed by atoms with van der Waals surface area (Å²) in [6, 6.07) is 13.5. The molecule has 0 aliphatic heterocycles. The van der Waals surface area contributed by atoms with Crippen LogP contribution in [-0.4, -0.2) is 26.4 Å². The van der Waals surface area contributed by atoms with Gasteiger partial charge in [-0.3, -0.25) is 4.79 Å². The van der Waals surface area contributed by atoms with Gasteiger partial charge in [0, 0.05) is 16.7 Å². The maximum absolute atomic E-state index is 12.3. The molecule has 0 atom stereocenters. The van der Waals surface area contributed by atoms with E-state index in [2.05, 4.69) is 31.4 Å². The van der Waals surface area contributed by atoms with Crippen LogP contribution in [0.2, 0.25) is 0 Å². The Hall–Kier alpha value is -2.32. The Balaban J connectivity index is 1.57. The molecule has 0 aliphatic rings. The quantitative estimate of drug-likeness (QED) is 0.465. The minimum Gasteiger partial charge on any atom is -0.486 e. The molecule has 0 radical (unpaired) electrons. The topological polar surface area (TPSA) is 69.0 Å². The molecular formula is C21H23BrN4O2S. The van der Waals surface area contributed by atoms with Crippen molar-refractivity contribution < 1.29 is 9.53 Å². The van der Waals surface area contributed by atoms with E-state index in [4.69, 9.17) is 4.74 Å². The number of ether oxygens (including phenoxy) is 1. The van der Waals surface area contributed by atoms with Crippen molar-refractivity contribution in [1.29, 1.82) is 0 Å². The zero-order valence-electron chi connectivity index (χ0n) is 16.6. The molecule has 6 nitrogen and oxygen atoms in total. The van der Waals surface area contributed by atoms with Crippen LogP contribution in [-0.2, 0) is 17.9 Å². The van der Waals surface area contributed by atoms with Crippen LogP contribution in [0.1, 0.15) is 23.9 Å². The van der Waals surface area contributed by atoms with Gasteiger partial charge in [-0.25, -0.2) is 0 Å². The number of aryl methyl sites for hydroxylation is 2. The van der Waals surface area contributed by atoms with E-state index in [0.717, 1.165) is 27.3 Å². The van der Waals surface area contributed by atoms with Gasteiger partial charge in [0.15, 0.2) is 11.0 Å². The number of hydrogen-bond acceptors (Lipinski definition) is 5. The van der Waals surface area contributed by atoms with Crippen LogP contribution in [0, 0.1) is 13.8 Å². The van der Waals surface area contributed by atoms with Crippen LogP contribution < -0.4 is 10.1 Å². The summed E-state index contributed by atoms with van der Waals surface area (Å²) in [7, 11) is 0. The van der Waals surface area contributed by atoms with E-state index < -0.39 is 0 Å². The fourth-order valence-electron chi connectivity index (χ4n) is 2.68. The number of aromatic nitrogens is 3. The van der Waals surface area contributed by atoms with Crippen molar-refractivity contribution in [3.63, 3.8) is 0 Å². The van der Waals surface area contributed by atoms with E-state index in [1.54, 1.807) is 0 Å². The Bertz CT molecular complexity index is 989. The summed E-state index contributed by atoms with van der Waals surface area (Å²) in [5.74, 6) is 1.68. The van der Waals surface area contributed by atoms with Gasteiger partial charge < -0.3 is 14.6 Å². The maximum atomic E-state index is 12.3. The van der Waals surface area contributed by atoms with E-state index in [-0.39, 0.29) is 11.7 Å². The average Bonchev–Trinajstić information content (AvgIpc) is 3.10. The van der Waals surface area contributed by atoms with E-state index in [0.29, 0.717) is 18.3 Å². The highest BCUT2D eigenvalue weighted by Crippen LogP contribution is 2.21. The molecule has 1 N–H and O–H groups in total. The molecule has 29 heavy (non-hydrogen) atoms. The van der Waals surface area contributed by atoms with Crippen LogP contribution in [0.15, 0.2) is 52.1 Å². The molecule has 3 aromatic rings. The van der Waals surface area contributed by atoms with E-state index in [9.17, 15) is 4.79 Å². The third kappa shape index (κ3) is 5.83. The number of nitrogens with zero attached hydrogens (tertiary/aromatic N) is 3. The lowest BCUT2D eigenvalue weighted by Gasteiger charge is -2.09. The van der Waals surface area contributed by atoms with Crippen molar-refractivity contribution >= 4 is 39.3 Å². The Morgan fingerprint density at radius 1 is 1.14 bits per heavy atom. The zero-order chi connectivity index (χ0) is 20.8. The van der Waals surface area contributed by atoms with E-state index in [1.165, 1.54) is 17.3 Å². The molecule has 152 valence electrons. The average molecular weight is 475 g/mol. The second-order valence-corrected chi connectivity index (χ2v) is 8.38. The van der Waals surface area contributed by atoms with Crippen molar-refractivity contribution in [3.05, 3.63) is 63.9 Å². The van der Waals surface area contributed by atoms with Crippen LogP contribution in [0.5, 0.6) is 5.75 Å². The van der Waals surface area contributed by atoms with Gasteiger partial charge in [-0.15, -0.1) is 10.2 Å². The van der Waals surface area contributed by atoms with E-state index >= 15 is 0 Å². The fraction of sp³-hybridized carbons (Fsp3) is 0.286. The first-order valence-corrected chi connectivity index (χ1v) is 11.0. The van der Waals surface area contributed by atoms with Crippen molar-refractivity contribution in [2.24, 2.45) is 0 Å². The van der Waals surface area contributed by atoms with Gasteiger partial charge in [0.05, 0.1) is 5.75 Å². The van der Waals surface area contributed by atoms with Gasteiger partial charge >= 0.3 is 0 Å². The smallest absolute Gasteiger partial charge is 0.234 e. The Morgan fingerprint density at radius 2 is 1.90 bits per heavy atom. The van der Waals surface area contributed by atoms with Gasteiger partial charge in [0.25, 0.3) is 0 Å². The van der Waals surface area contributed by atoms with Crippen LogP contribution in [0.3, 0.4) is 0 Å². The van der Waals surface area contributed by atoms with Gasteiger partial charge in [0.2, 0.25) is 5.91 Å². The first-order valence-electron chi connectivity index (χ1n) is 9.26. The molecule has 0 aliphatic carbocycles. The van der Waals surface area contributed by atoms with Gasteiger partial charge in [-0.1, -0.05) is 33.8 Å². The van der Waals surface area contributed by atoms with Gasteiger partial charge in [0.1, 0.15) is 12.4 Å². The van der Waals surface area contributed by atoms with Crippen molar-refractivity contribution in [1.82, 2.24) is 14.8 Å². The molecule has 0 unspecified atom stereocenters. The summed E-state index contributed by atoms with van der Waals surface area (Å²) >= 11 is 4.77. The predicted octanol–water partition coefficient (Wildman–Crippen LogP) is 4.99. The minimum atomic E-state index is -0.0726. The van der Waals surface area contributed by atoms with Gasteiger partial charge in [-0.05, 0) is 68.3 Å². The highest BCUT2D eigenvalue weighted by molar-refractivity contribution is 9.10. The molecule has 8 heteroatoms. The fourth-order valence-corrected chi connectivity index (χ4v) is 3.76. The van der Waals surface area contributed by atoms with Crippen molar-refractivity contribution in [3.8, 4) is 5.75 Å². The number of hydrogen-bond donors (Lipinski definition) is 1. The summed E-state index contributed by atoms with van der Waals surface area (Å²) < 4.78 is 8.76. The monoisotopic (exact) mass is 474 g/mol. The number of anilines is 1. The van der Waals surface area contributed by atoms with Crippen LogP contribution in [0.4, 0.5) is 5.69 Å². The molecule has 2 aromatic carbocycles. The third-order valence-corrected chi connectivity index (χ3v) is 5.91. The summed E-state index contributed by atoms with van der Waals surface area (Å²) in [6.45, 7) is 7.12. The number of thioether (sulfide) groups is 1. The standard InChI is InChI=1S/C21H23BrN4O2S/c1-4-26-19(12-28-18-9-6-16(22)7-10-18)24-25-21(26)29-13-20(27)23-17-8-5-14(2)15(3)11-17/h5-11H,4,12-13H2,1-3H3,(H,23,27). The first kappa shape index (κ1) is 21.4. The molecule has 1 amide bonds. The van der Waals surface area contributed by atoms with Crippen LogP contribution in [0.25, 0.3) is 0 Å². The second kappa shape index (κ2) is 9.93. The highest BCUT2D eigenvalue weighted by atomic mass is 79.9. The number of carbonyl (C=O) groups is 1. The second-order valence-electron chi connectivity index (χ2n) is 6.52. The molecule has 0 fully saturated rings. The summed E-state index contributed by atoms with van der Waals surface area (Å²) in [5.41, 5.74) is 3.15. The van der Waals surface area contributed by atoms with Gasteiger partial charge in [-0.2, -0.15) is 0 Å². The molecule has 3 rings (SSSR count). The summed E-state index contributed by atoms with van der Waals surface area (Å²) in [5, 5.41) is 12.1. The third-order valence-electron chi connectivity index (χ3n) is 4.41. The summed E-state index contributed by atoms with van der Waals surface area (Å²) in [4.78, 5) is 12.3. The van der Waals surface area contributed by atoms with Crippen molar-refractivity contribution in [2.75, 3.05) is 11.1 Å². The summed E-state index contributed by atoms with van der Waals surface area (Å²) in [6.07, 6.45) is 0. The lowest BCUT2D eigenvalue weighted by atomic mass is 10.1.